The molecule has 5 heteroatoms. The zero-order valence-corrected chi connectivity index (χ0v) is 11.3. The molecule has 17 heavy (non-hydrogen) atoms. The van der Waals surface area contributed by atoms with E-state index in [1.54, 1.807) is 0 Å². The van der Waals surface area contributed by atoms with Crippen LogP contribution in [0.25, 0.3) is 0 Å². The SMILES string of the molecule is CC(C)OCC(O)Cc1c(F)ccc(Br)c1F. The van der Waals surface area contributed by atoms with Crippen LogP contribution in [0.3, 0.4) is 0 Å². The highest BCUT2D eigenvalue weighted by Gasteiger charge is 2.16. The lowest BCUT2D eigenvalue weighted by atomic mass is 10.1. The first-order valence-corrected chi connectivity index (χ1v) is 6.13. The van der Waals surface area contributed by atoms with E-state index in [4.69, 9.17) is 4.74 Å². The van der Waals surface area contributed by atoms with E-state index in [0.29, 0.717) is 0 Å². The Balaban J connectivity index is 2.71. The van der Waals surface area contributed by atoms with E-state index < -0.39 is 17.7 Å². The number of rotatable bonds is 5. The van der Waals surface area contributed by atoms with Gasteiger partial charge in [0.25, 0.3) is 0 Å². The molecule has 96 valence electrons. The minimum Gasteiger partial charge on any atom is -0.390 e. The van der Waals surface area contributed by atoms with Crippen LogP contribution >= 0.6 is 15.9 Å². The first-order valence-electron chi connectivity index (χ1n) is 5.33. The molecule has 0 radical (unpaired) electrons. The normalized spacial score (nSPS) is 13.1. The van der Waals surface area contributed by atoms with Crippen molar-refractivity contribution in [1.82, 2.24) is 0 Å². The third kappa shape index (κ3) is 4.33. The summed E-state index contributed by atoms with van der Waals surface area (Å²) in [5.41, 5.74) is -0.126. The first kappa shape index (κ1) is 14.5. The van der Waals surface area contributed by atoms with Gasteiger partial charge in [0.1, 0.15) is 11.6 Å². The van der Waals surface area contributed by atoms with Crippen LogP contribution < -0.4 is 0 Å². The summed E-state index contributed by atoms with van der Waals surface area (Å²) in [4.78, 5) is 0. The zero-order valence-electron chi connectivity index (χ0n) is 9.71. The lowest BCUT2D eigenvalue weighted by Gasteiger charge is -2.14. The fourth-order valence-electron chi connectivity index (χ4n) is 1.35. The van der Waals surface area contributed by atoms with Crippen LogP contribution in [0.5, 0.6) is 0 Å². The van der Waals surface area contributed by atoms with Crippen molar-refractivity contribution in [2.45, 2.75) is 32.5 Å². The van der Waals surface area contributed by atoms with E-state index in [2.05, 4.69) is 15.9 Å². The lowest BCUT2D eigenvalue weighted by Crippen LogP contribution is -2.22. The summed E-state index contributed by atoms with van der Waals surface area (Å²) < 4.78 is 32.3. The number of ether oxygens (including phenoxy) is 1. The summed E-state index contributed by atoms with van der Waals surface area (Å²) in [7, 11) is 0. The van der Waals surface area contributed by atoms with E-state index in [0.717, 1.165) is 0 Å². The van der Waals surface area contributed by atoms with E-state index >= 15 is 0 Å². The Morgan fingerprint density at radius 2 is 2.00 bits per heavy atom. The average molecular weight is 309 g/mol. The first-order chi connectivity index (χ1) is 7.91. The predicted octanol–water partition coefficient (Wildman–Crippen LogP) is 3.06. The summed E-state index contributed by atoms with van der Waals surface area (Å²) in [5.74, 6) is -1.33. The molecule has 1 rings (SSSR count). The Hall–Kier alpha value is -0.520. The molecule has 0 saturated carbocycles. The largest absolute Gasteiger partial charge is 0.390 e. The van der Waals surface area contributed by atoms with Crippen LogP contribution in [0.15, 0.2) is 16.6 Å². The molecule has 0 fully saturated rings. The molecular formula is C12H15BrF2O2. The van der Waals surface area contributed by atoms with Gasteiger partial charge in [-0.3, -0.25) is 0 Å². The molecule has 0 saturated heterocycles. The number of aliphatic hydroxyl groups excluding tert-OH is 1. The third-order valence-corrected chi connectivity index (χ3v) is 2.81. The van der Waals surface area contributed by atoms with Gasteiger partial charge in [-0.25, -0.2) is 8.78 Å². The lowest BCUT2D eigenvalue weighted by molar-refractivity contribution is 0.00562. The van der Waals surface area contributed by atoms with Crippen molar-refractivity contribution in [2.24, 2.45) is 0 Å². The van der Waals surface area contributed by atoms with Crippen LogP contribution in [-0.4, -0.2) is 23.9 Å². The second kappa shape index (κ2) is 6.42. The average Bonchev–Trinajstić information content (AvgIpc) is 2.27. The Morgan fingerprint density at radius 1 is 1.35 bits per heavy atom. The Kier molecular flexibility index (Phi) is 5.49. The number of hydrogen-bond acceptors (Lipinski definition) is 2. The fraction of sp³-hybridized carbons (Fsp3) is 0.500. The minimum absolute atomic E-state index is 0.0261. The Morgan fingerprint density at radius 3 is 2.59 bits per heavy atom. The molecule has 2 nitrogen and oxygen atoms in total. The highest BCUT2D eigenvalue weighted by Crippen LogP contribution is 2.22. The molecule has 1 aromatic carbocycles. The summed E-state index contributed by atoms with van der Waals surface area (Å²) in [6, 6.07) is 2.46. The van der Waals surface area contributed by atoms with E-state index in [-0.39, 0.29) is 29.2 Å². The maximum atomic E-state index is 13.6. The van der Waals surface area contributed by atoms with Gasteiger partial charge in [0.15, 0.2) is 0 Å². The van der Waals surface area contributed by atoms with Crippen molar-refractivity contribution >= 4 is 15.9 Å². The van der Waals surface area contributed by atoms with Crippen LogP contribution in [0, 0.1) is 11.6 Å². The number of aliphatic hydroxyl groups is 1. The smallest absolute Gasteiger partial charge is 0.143 e. The van der Waals surface area contributed by atoms with Gasteiger partial charge in [0.2, 0.25) is 0 Å². The summed E-state index contributed by atoms with van der Waals surface area (Å²) in [5, 5.41) is 9.62. The summed E-state index contributed by atoms with van der Waals surface area (Å²) in [6.07, 6.45) is -1.05. The highest BCUT2D eigenvalue weighted by molar-refractivity contribution is 9.10. The van der Waals surface area contributed by atoms with Crippen molar-refractivity contribution in [3.8, 4) is 0 Å². The molecule has 0 aliphatic heterocycles. The van der Waals surface area contributed by atoms with Gasteiger partial charge in [-0.1, -0.05) is 0 Å². The van der Waals surface area contributed by atoms with Gasteiger partial charge in [-0.15, -0.1) is 0 Å². The molecule has 0 amide bonds. The number of halogens is 3. The van der Waals surface area contributed by atoms with E-state index in [1.165, 1.54) is 12.1 Å². The molecular weight excluding hydrogens is 294 g/mol. The van der Waals surface area contributed by atoms with E-state index in [1.807, 2.05) is 13.8 Å². The minimum atomic E-state index is -0.921. The summed E-state index contributed by atoms with van der Waals surface area (Å²) >= 11 is 2.98. The fourth-order valence-corrected chi connectivity index (χ4v) is 1.73. The van der Waals surface area contributed by atoms with Crippen molar-refractivity contribution in [1.29, 1.82) is 0 Å². The zero-order chi connectivity index (χ0) is 13.0. The quantitative estimate of drug-likeness (QED) is 0.847. The van der Waals surface area contributed by atoms with Crippen LogP contribution in [0.2, 0.25) is 0 Å². The molecule has 0 spiro atoms. The van der Waals surface area contributed by atoms with Gasteiger partial charge < -0.3 is 9.84 Å². The molecule has 0 aromatic heterocycles. The number of benzene rings is 1. The molecule has 0 aliphatic carbocycles. The van der Waals surface area contributed by atoms with Crippen molar-refractivity contribution < 1.29 is 18.6 Å². The highest BCUT2D eigenvalue weighted by atomic mass is 79.9. The van der Waals surface area contributed by atoms with Gasteiger partial charge >= 0.3 is 0 Å². The maximum Gasteiger partial charge on any atom is 0.143 e. The molecule has 1 unspecified atom stereocenters. The Labute approximate surface area is 108 Å². The third-order valence-electron chi connectivity index (χ3n) is 2.20. The van der Waals surface area contributed by atoms with Gasteiger partial charge in [0, 0.05) is 12.0 Å². The monoisotopic (exact) mass is 308 g/mol. The second-order valence-electron chi connectivity index (χ2n) is 4.06. The van der Waals surface area contributed by atoms with Crippen LogP contribution in [-0.2, 0) is 11.2 Å². The molecule has 0 bridgehead atoms. The van der Waals surface area contributed by atoms with Crippen molar-refractivity contribution in [2.75, 3.05) is 6.61 Å². The summed E-state index contributed by atoms with van der Waals surface area (Å²) in [6.45, 7) is 3.71. The van der Waals surface area contributed by atoms with Crippen molar-refractivity contribution in [3.63, 3.8) is 0 Å². The topological polar surface area (TPSA) is 29.5 Å². The second-order valence-corrected chi connectivity index (χ2v) is 4.92. The van der Waals surface area contributed by atoms with Gasteiger partial charge in [-0.2, -0.15) is 0 Å². The Bertz CT molecular complexity index is 383. The molecule has 0 heterocycles. The van der Waals surface area contributed by atoms with Gasteiger partial charge in [0.05, 0.1) is 23.3 Å². The van der Waals surface area contributed by atoms with Crippen LogP contribution in [0.1, 0.15) is 19.4 Å². The standard InChI is InChI=1S/C12H15BrF2O2/c1-7(2)17-6-8(16)5-9-11(14)4-3-10(13)12(9)15/h3-4,7-8,16H,5-6H2,1-2H3. The van der Waals surface area contributed by atoms with E-state index in [9.17, 15) is 13.9 Å². The van der Waals surface area contributed by atoms with Gasteiger partial charge in [-0.05, 0) is 41.9 Å². The molecule has 1 N–H and O–H groups in total. The van der Waals surface area contributed by atoms with Crippen molar-refractivity contribution in [3.05, 3.63) is 33.8 Å². The number of hydrogen-bond donors (Lipinski definition) is 1. The predicted molar refractivity (Wildman–Crippen MR) is 64.9 cm³/mol. The maximum absolute atomic E-state index is 13.6. The van der Waals surface area contributed by atoms with Crippen LogP contribution in [0.4, 0.5) is 8.78 Å². The molecule has 0 aliphatic rings. The molecule has 1 atom stereocenters. The molecule has 1 aromatic rings.